The third-order valence-corrected chi connectivity index (χ3v) is 3.16. The number of hydrogen-bond acceptors (Lipinski definition) is 3. The van der Waals surface area contributed by atoms with E-state index in [2.05, 4.69) is 0 Å². The smallest absolute Gasteiger partial charge is 0.134 e. The van der Waals surface area contributed by atoms with Crippen molar-refractivity contribution in [3.05, 3.63) is 41.5 Å². The summed E-state index contributed by atoms with van der Waals surface area (Å²) in [5, 5.41) is 11.6. The molecule has 0 heterocycles. The van der Waals surface area contributed by atoms with Crippen LogP contribution in [0.5, 0.6) is 11.5 Å². The van der Waals surface area contributed by atoms with Crippen molar-refractivity contribution >= 4 is 16.8 Å². The van der Waals surface area contributed by atoms with Crippen LogP contribution in [-0.4, -0.2) is 19.3 Å². The minimum atomic E-state index is -0.0932. The second kappa shape index (κ2) is 5.76. The summed E-state index contributed by atoms with van der Waals surface area (Å²) in [7, 11) is 3.26. The van der Waals surface area contributed by atoms with Crippen LogP contribution in [0.4, 0.5) is 0 Å². The quantitative estimate of drug-likeness (QED) is 0.913. The lowest BCUT2D eigenvalue weighted by molar-refractivity contribution is 0.273. The first-order valence-electron chi connectivity index (χ1n) is 6.17. The largest absolute Gasteiger partial charge is 0.496 e. The van der Waals surface area contributed by atoms with E-state index in [1.807, 2.05) is 43.3 Å². The molecular formula is C16H18O3. The molecular weight excluding hydrogens is 240 g/mol. The molecule has 0 bridgehead atoms. The number of methoxy groups -OCH3 is 2. The predicted octanol–water partition coefficient (Wildman–Crippen LogP) is 3.38. The highest BCUT2D eigenvalue weighted by Gasteiger charge is 2.18. The SMILES string of the molecule is C/C=C/c1c(CO)c(OC)c2ccccc2c1OC. The second-order valence-electron chi connectivity index (χ2n) is 4.16. The van der Waals surface area contributed by atoms with Crippen LogP contribution in [0.3, 0.4) is 0 Å². The van der Waals surface area contributed by atoms with Gasteiger partial charge in [-0.2, -0.15) is 0 Å². The maximum Gasteiger partial charge on any atom is 0.134 e. The Morgan fingerprint density at radius 3 is 2.11 bits per heavy atom. The fraction of sp³-hybridized carbons (Fsp3) is 0.250. The van der Waals surface area contributed by atoms with E-state index in [4.69, 9.17) is 9.47 Å². The highest BCUT2D eigenvalue weighted by Crippen LogP contribution is 2.41. The van der Waals surface area contributed by atoms with Gasteiger partial charge in [-0.05, 0) is 6.92 Å². The molecule has 2 rings (SSSR count). The van der Waals surface area contributed by atoms with Gasteiger partial charge in [0, 0.05) is 21.9 Å². The first-order chi connectivity index (χ1) is 9.28. The molecule has 0 aliphatic heterocycles. The van der Waals surface area contributed by atoms with Crippen LogP contribution in [0.25, 0.3) is 16.8 Å². The van der Waals surface area contributed by atoms with Crippen LogP contribution in [0.1, 0.15) is 18.1 Å². The lowest BCUT2D eigenvalue weighted by Crippen LogP contribution is -2.00. The first-order valence-corrected chi connectivity index (χ1v) is 6.17. The van der Waals surface area contributed by atoms with Crippen LogP contribution in [0.15, 0.2) is 30.3 Å². The molecule has 3 nitrogen and oxygen atoms in total. The summed E-state index contributed by atoms with van der Waals surface area (Å²) in [6.45, 7) is 1.84. The second-order valence-corrected chi connectivity index (χ2v) is 4.16. The summed E-state index contributed by atoms with van der Waals surface area (Å²) in [4.78, 5) is 0. The molecule has 0 spiro atoms. The topological polar surface area (TPSA) is 38.7 Å². The van der Waals surface area contributed by atoms with Gasteiger partial charge in [-0.25, -0.2) is 0 Å². The van der Waals surface area contributed by atoms with Crippen LogP contribution in [0, 0.1) is 0 Å². The third-order valence-electron chi connectivity index (χ3n) is 3.16. The van der Waals surface area contributed by atoms with Gasteiger partial charge in [0.05, 0.1) is 20.8 Å². The fourth-order valence-electron chi connectivity index (χ4n) is 2.40. The van der Waals surface area contributed by atoms with E-state index in [0.717, 1.165) is 27.6 Å². The van der Waals surface area contributed by atoms with E-state index >= 15 is 0 Å². The van der Waals surface area contributed by atoms with Gasteiger partial charge in [-0.1, -0.05) is 36.4 Å². The molecule has 0 atom stereocenters. The number of ether oxygens (including phenoxy) is 2. The number of hydrogen-bond donors (Lipinski definition) is 1. The Labute approximate surface area is 113 Å². The number of fused-ring (bicyclic) bond motifs is 1. The highest BCUT2D eigenvalue weighted by atomic mass is 16.5. The molecule has 0 fully saturated rings. The highest BCUT2D eigenvalue weighted by molar-refractivity contribution is 5.98. The molecule has 0 saturated heterocycles. The number of benzene rings is 2. The van der Waals surface area contributed by atoms with Crippen LogP contribution in [0.2, 0.25) is 0 Å². The van der Waals surface area contributed by atoms with E-state index in [-0.39, 0.29) is 6.61 Å². The fourth-order valence-corrected chi connectivity index (χ4v) is 2.40. The van der Waals surface area contributed by atoms with Gasteiger partial charge in [0.2, 0.25) is 0 Å². The van der Waals surface area contributed by atoms with Crippen molar-refractivity contribution in [1.82, 2.24) is 0 Å². The molecule has 1 N–H and O–H groups in total. The Morgan fingerprint density at radius 1 is 1.05 bits per heavy atom. The van der Waals surface area contributed by atoms with Crippen LogP contribution in [-0.2, 0) is 6.61 Å². The van der Waals surface area contributed by atoms with E-state index in [0.29, 0.717) is 5.75 Å². The van der Waals surface area contributed by atoms with Crippen molar-refractivity contribution in [3.63, 3.8) is 0 Å². The molecule has 0 radical (unpaired) electrons. The molecule has 3 heteroatoms. The van der Waals surface area contributed by atoms with Crippen molar-refractivity contribution in [1.29, 1.82) is 0 Å². The Hall–Kier alpha value is -2.00. The van der Waals surface area contributed by atoms with E-state index < -0.39 is 0 Å². The molecule has 0 unspecified atom stereocenters. The summed E-state index contributed by atoms with van der Waals surface area (Å²) in [6, 6.07) is 7.86. The number of rotatable bonds is 4. The maximum atomic E-state index is 9.67. The van der Waals surface area contributed by atoms with Crippen molar-refractivity contribution in [2.24, 2.45) is 0 Å². The molecule has 2 aromatic rings. The molecule has 0 saturated carbocycles. The molecule has 0 aliphatic rings. The maximum absolute atomic E-state index is 9.67. The average molecular weight is 258 g/mol. The standard InChI is InChI=1S/C16H18O3/c1-4-7-11-14(10-17)16(19-3)13-9-6-5-8-12(13)15(11)18-2/h4-9,17H,10H2,1-3H3/b7-4+. The lowest BCUT2D eigenvalue weighted by atomic mass is 9.97. The third kappa shape index (κ3) is 2.17. The monoisotopic (exact) mass is 258 g/mol. The first kappa shape index (κ1) is 13.4. The van der Waals surface area contributed by atoms with E-state index in [1.165, 1.54) is 0 Å². The van der Waals surface area contributed by atoms with Gasteiger partial charge < -0.3 is 14.6 Å². The summed E-state index contributed by atoms with van der Waals surface area (Å²) in [5.74, 6) is 1.46. The molecule has 2 aromatic carbocycles. The zero-order chi connectivity index (χ0) is 13.8. The number of allylic oxidation sites excluding steroid dienone is 1. The van der Waals surface area contributed by atoms with Crippen molar-refractivity contribution in [2.45, 2.75) is 13.5 Å². The normalized spacial score (nSPS) is 11.2. The number of aliphatic hydroxyl groups is 1. The summed E-state index contributed by atoms with van der Waals surface area (Å²) in [6.07, 6.45) is 3.85. The minimum absolute atomic E-state index is 0.0932. The average Bonchev–Trinajstić information content (AvgIpc) is 2.46. The summed E-state index contributed by atoms with van der Waals surface area (Å²) < 4.78 is 11.0. The minimum Gasteiger partial charge on any atom is -0.496 e. The number of aliphatic hydroxyl groups excluding tert-OH is 1. The Morgan fingerprint density at radius 2 is 1.63 bits per heavy atom. The zero-order valence-electron chi connectivity index (χ0n) is 11.4. The Kier molecular flexibility index (Phi) is 4.07. The van der Waals surface area contributed by atoms with Gasteiger partial charge in [-0.3, -0.25) is 0 Å². The van der Waals surface area contributed by atoms with Gasteiger partial charge in [0.25, 0.3) is 0 Å². The van der Waals surface area contributed by atoms with Gasteiger partial charge in [0.1, 0.15) is 11.5 Å². The molecule has 19 heavy (non-hydrogen) atoms. The predicted molar refractivity (Wildman–Crippen MR) is 77.7 cm³/mol. The lowest BCUT2D eigenvalue weighted by Gasteiger charge is -2.17. The Balaban J connectivity index is 2.97. The van der Waals surface area contributed by atoms with Gasteiger partial charge in [-0.15, -0.1) is 0 Å². The van der Waals surface area contributed by atoms with Crippen molar-refractivity contribution in [3.8, 4) is 11.5 Å². The summed E-state index contributed by atoms with van der Waals surface area (Å²) in [5.41, 5.74) is 1.61. The van der Waals surface area contributed by atoms with Crippen molar-refractivity contribution < 1.29 is 14.6 Å². The molecule has 100 valence electrons. The van der Waals surface area contributed by atoms with Crippen molar-refractivity contribution in [2.75, 3.05) is 14.2 Å². The van der Waals surface area contributed by atoms with E-state index in [9.17, 15) is 5.11 Å². The van der Waals surface area contributed by atoms with Gasteiger partial charge in [0.15, 0.2) is 0 Å². The summed E-state index contributed by atoms with van der Waals surface area (Å²) >= 11 is 0. The molecule has 0 aromatic heterocycles. The Bertz CT molecular complexity index is 615. The van der Waals surface area contributed by atoms with Gasteiger partial charge >= 0.3 is 0 Å². The van der Waals surface area contributed by atoms with Crippen LogP contribution >= 0.6 is 0 Å². The molecule has 0 amide bonds. The van der Waals surface area contributed by atoms with E-state index in [1.54, 1.807) is 14.2 Å². The molecule has 0 aliphatic carbocycles. The van der Waals surface area contributed by atoms with Crippen LogP contribution < -0.4 is 9.47 Å². The zero-order valence-corrected chi connectivity index (χ0v) is 11.4.